The van der Waals surface area contributed by atoms with Crippen LogP contribution in [0.25, 0.3) is 0 Å². The third-order valence-corrected chi connectivity index (χ3v) is 3.67. The standard InChI is InChI=1S/C22H34O2/c1-4-5-6-7-8-9-10-11-12-13-14-15-16-17-18-19-20-22(2,3)21(23)24/h5-6,8-9,11-12,14-15,17-18H,4,7,10,13,16,19-20H2,1-3H3,(H,23,24)/b6-5-,9-8-,12-11-,15-14-,18-17-. The van der Waals surface area contributed by atoms with Gasteiger partial charge in [0, 0.05) is 0 Å². The van der Waals surface area contributed by atoms with Gasteiger partial charge in [0.2, 0.25) is 0 Å². The van der Waals surface area contributed by atoms with Gasteiger partial charge >= 0.3 is 5.97 Å². The maximum Gasteiger partial charge on any atom is 0.309 e. The molecule has 0 saturated heterocycles. The summed E-state index contributed by atoms with van der Waals surface area (Å²) in [5, 5.41) is 9.02. The first-order chi connectivity index (χ1) is 11.5. The van der Waals surface area contributed by atoms with Crippen molar-refractivity contribution in [1.29, 1.82) is 0 Å². The molecule has 0 spiro atoms. The number of carboxylic acids is 1. The van der Waals surface area contributed by atoms with Crippen LogP contribution in [0.1, 0.15) is 65.7 Å². The van der Waals surface area contributed by atoms with Gasteiger partial charge in [-0.15, -0.1) is 0 Å². The van der Waals surface area contributed by atoms with Crippen LogP contribution in [0.4, 0.5) is 0 Å². The Morgan fingerprint density at radius 1 is 0.750 bits per heavy atom. The van der Waals surface area contributed by atoms with Crippen molar-refractivity contribution in [3.05, 3.63) is 60.8 Å². The number of hydrogen-bond acceptors (Lipinski definition) is 1. The summed E-state index contributed by atoms with van der Waals surface area (Å²) in [5.41, 5.74) is -0.633. The number of allylic oxidation sites excluding steroid dienone is 10. The Labute approximate surface area is 148 Å². The molecular weight excluding hydrogens is 296 g/mol. The van der Waals surface area contributed by atoms with Gasteiger partial charge in [-0.2, -0.15) is 0 Å². The average molecular weight is 331 g/mol. The van der Waals surface area contributed by atoms with Crippen molar-refractivity contribution in [1.82, 2.24) is 0 Å². The lowest BCUT2D eigenvalue weighted by Gasteiger charge is -2.17. The Bertz CT molecular complexity index is 462. The fourth-order valence-corrected chi connectivity index (χ4v) is 1.92. The first-order valence-electron chi connectivity index (χ1n) is 8.99. The van der Waals surface area contributed by atoms with Gasteiger partial charge in [-0.1, -0.05) is 67.7 Å². The average Bonchev–Trinajstić information content (AvgIpc) is 2.54. The lowest BCUT2D eigenvalue weighted by atomic mass is 9.88. The van der Waals surface area contributed by atoms with E-state index < -0.39 is 11.4 Å². The molecule has 0 aliphatic heterocycles. The predicted octanol–water partition coefficient (Wildman–Crippen LogP) is 6.63. The van der Waals surface area contributed by atoms with Crippen LogP contribution in [0.5, 0.6) is 0 Å². The number of hydrogen-bond donors (Lipinski definition) is 1. The topological polar surface area (TPSA) is 37.3 Å². The van der Waals surface area contributed by atoms with Gasteiger partial charge < -0.3 is 5.11 Å². The van der Waals surface area contributed by atoms with Gasteiger partial charge in [0.25, 0.3) is 0 Å². The molecule has 0 aromatic heterocycles. The van der Waals surface area contributed by atoms with E-state index in [9.17, 15) is 4.79 Å². The first kappa shape index (κ1) is 22.2. The molecule has 0 bridgehead atoms. The Morgan fingerprint density at radius 2 is 1.12 bits per heavy atom. The molecule has 0 aromatic rings. The van der Waals surface area contributed by atoms with Gasteiger partial charge in [-0.3, -0.25) is 4.79 Å². The fraction of sp³-hybridized carbons (Fsp3) is 0.500. The third-order valence-electron chi connectivity index (χ3n) is 3.67. The highest BCUT2D eigenvalue weighted by Crippen LogP contribution is 2.22. The van der Waals surface area contributed by atoms with Gasteiger partial charge in [0.1, 0.15) is 0 Å². The zero-order valence-electron chi connectivity index (χ0n) is 15.6. The van der Waals surface area contributed by atoms with Crippen molar-refractivity contribution < 1.29 is 9.90 Å². The molecule has 2 nitrogen and oxygen atoms in total. The van der Waals surface area contributed by atoms with Crippen LogP contribution in [0, 0.1) is 5.41 Å². The fourth-order valence-electron chi connectivity index (χ4n) is 1.92. The van der Waals surface area contributed by atoms with Crippen molar-refractivity contribution in [2.75, 3.05) is 0 Å². The molecule has 0 amide bonds. The van der Waals surface area contributed by atoms with Crippen molar-refractivity contribution in [3.8, 4) is 0 Å². The minimum absolute atomic E-state index is 0.633. The second-order valence-corrected chi connectivity index (χ2v) is 6.44. The van der Waals surface area contributed by atoms with Crippen LogP contribution in [0.2, 0.25) is 0 Å². The molecule has 0 fully saturated rings. The summed E-state index contributed by atoms with van der Waals surface area (Å²) >= 11 is 0. The largest absolute Gasteiger partial charge is 0.481 e. The lowest BCUT2D eigenvalue weighted by molar-refractivity contribution is -0.147. The van der Waals surface area contributed by atoms with Crippen LogP contribution in [-0.4, -0.2) is 11.1 Å². The van der Waals surface area contributed by atoms with Gasteiger partial charge in [-0.05, 0) is 58.8 Å². The molecule has 24 heavy (non-hydrogen) atoms. The van der Waals surface area contributed by atoms with Crippen LogP contribution in [-0.2, 0) is 4.79 Å². The first-order valence-corrected chi connectivity index (χ1v) is 8.99. The molecule has 0 aliphatic carbocycles. The molecule has 0 atom stereocenters. The zero-order chi connectivity index (χ0) is 18.1. The van der Waals surface area contributed by atoms with Crippen molar-refractivity contribution in [3.63, 3.8) is 0 Å². The summed E-state index contributed by atoms with van der Waals surface area (Å²) in [4.78, 5) is 11.0. The van der Waals surface area contributed by atoms with E-state index in [1.54, 1.807) is 13.8 Å². The second-order valence-electron chi connectivity index (χ2n) is 6.44. The van der Waals surface area contributed by atoms with E-state index in [1.807, 2.05) is 0 Å². The Kier molecular flexibility index (Phi) is 13.6. The van der Waals surface area contributed by atoms with Gasteiger partial charge in [0.15, 0.2) is 0 Å². The van der Waals surface area contributed by atoms with E-state index in [4.69, 9.17) is 5.11 Å². The van der Waals surface area contributed by atoms with Crippen LogP contribution in [0.3, 0.4) is 0 Å². The minimum atomic E-state index is -0.727. The minimum Gasteiger partial charge on any atom is -0.481 e. The maximum absolute atomic E-state index is 11.0. The van der Waals surface area contributed by atoms with Crippen LogP contribution >= 0.6 is 0 Å². The highest BCUT2D eigenvalue weighted by atomic mass is 16.4. The molecule has 2 heteroatoms. The van der Waals surface area contributed by atoms with Crippen molar-refractivity contribution in [2.45, 2.75) is 65.7 Å². The Hall–Kier alpha value is -1.83. The monoisotopic (exact) mass is 330 g/mol. The maximum atomic E-state index is 11.0. The molecule has 0 heterocycles. The lowest BCUT2D eigenvalue weighted by Crippen LogP contribution is -2.22. The number of rotatable bonds is 13. The quantitative estimate of drug-likeness (QED) is 0.385. The van der Waals surface area contributed by atoms with Crippen LogP contribution in [0.15, 0.2) is 60.8 Å². The van der Waals surface area contributed by atoms with Gasteiger partial charge in [0.05, 0.1) is 5.41 Å². The third kappa shape index (κ3) is 13.8. The van der Waals surface area contributed by atoms with E-state index in [0.29, 0.717) is 6.42 Å². The van der Waals surface area contributed by atoms with E-state index in [-0.39, 0.29) is 0 Å². The van der Waals surface area contributed by atoms with Crippen molar-refractivity contribution in [2.24, 2.45) is 5.41 Å². The van der Waals surface area contributed by atoms with E-state index in [1.165, 1.54) is 0 Å². The molecule has 1 N–H and O–H groups in total. The Morgan fingerprint density at radius 3 is 1.50 bits per heavy atom. The highest BCUT2D eigenvalue weighted by molar-refractivity contribution is 5.73. The van der Waals surface area contributed by atoms with Crippen LogP contribution < -0.4 is 0 Å². The highest BCUT2D eigenvalue weighted by Gasteiger charge is 2.25. The van der Waals surface area contributed by atoms with Crippen molar-refractivity contribution >= 4 is 5.97 Å². The number of carboxylic acid groups (broad SMARTS) is 1. The smallest absolute Gasteiger partial charge is 0.309 e. The summed E-state index contributed by atoms with van der Waals surface area (Å²) in [7, 11) is 0. The molecule has 134 valence electrons. The SMILES string of the molecule is CC/C=C\C/C=C\C/C=C\C/C=C\C/C=C\CCC(C)(C)C(=O)O. The summed E-state index contributed by atoms with van der Waals surface area (Å²) < 4.78 is 0. The summed E-state index contributed by atoms with van der Waals surface area (Å²) in [6, 6.07) is 0. The molecule has 0 rings (SSSR count). The molecular formula is C22H34O2. The summed E-state index contributed by atoms with van der Waals surface area (Å²) in [6.07, 6.45) is 28.1. The van der Waals surface area contributed by atoms with E-state index in [2.05, 4.69) is 67.7 Å². The van der Waals surface area contributed by atoms with Gasteiger partial charge in [-0.25, -0.2) is 0 Å². The normalized spacial score (nSPS) is 13.5. The Balaban J connectivity index is 3.65. The molecule has 0 radical (unpaired) electrons. The molecule has 0 aromatic carbocycles. The summed E-state index contributed by atoms with van der Waals surface area (Å²) in [6.45, 7) is 5.69. The van der Waals surface area contributed by atoms with E-state index >= 15 is 0 Å². The number of aliphatic carboxylic acids is 1. The summed E-state index contributed by atoms with van der Waals surface area (Å²) in [5.74, 6) is -0.727. The molecule has 0 saturated carbocycles. The van der Waals surface area contributed by atoms with E-state index in [0.717, 1.165) is 38.5 Å². The molecule has 0 aliphatic rings. The number of carbonyl (C=O) groups is 1. The predicted molar refractivity (Wildman–Crippen MR) is 105 cm³/mol. The molecule has 0 unspecified atom stereocenters. The second kappa shape index (κ2) is 14.7. The zero-order valence-corrected chi connectivity index (χ0v) is 15.6.